The molecule has 0 radical (unpaired) electrons. The smallest absolute Gasteiger partial charge is 0.292 e. The van der Waals surface area contributed by atoms with Crippen LogP contribution in [-0.4, -0.2) is 24.6 Å². The Balaban J connectivity index is 2.22. The van der Waals surface area contributed by atoms with E-state index in [1.54, 1.807) is 12.1 Å². The first-order valence-electron chi connectivity index (χ1n) is 6.00. The van der Waals surface area contributed by atoms with E-state index in [0.29, 0.717) is 23.2 Å². The molecule has 0 amide bonds. The predicted octanol–water partition coefficient (Wildman–Crippen LogP) is 2.42. The number of hydrogen-bond acceptors (Lipinski definition) is 4. The number of rotatable bonds is 3. The molecule has 0 bridgehead atoms. The lowest BCUT2D eigenvalue weighted by Gasteiger charge is -2.32. The normalized spacial score (nSPS) is 16.9. The van der Waals surface area contributed by atoms with Gasteiger partial charge in [0.2, 0.25) is 0 Å². The molecule has 2 rings (SSSR count). The Kier molecular flexibility index (Phi) is 4.04. The van der Waals surface area contributed by atoms with Crippen LogP contribution in [0.2, 0.25) is 5.02 Å². The van der Waals surface area contributed by atoms with Crippen molar-refractivity contribution < 1.29 is 4.92 Å². The third kappa shape index (κ3) is 2.73. The van der Waals surface area contributed by atoms with Crippen LogP contribution in [0, 0.1) is 16.0 Å². The molecule has 1 heterocycles. The summed E-state index contributed by atoms with van der Waals surface area (Å²) in [6.07, 6.45) is 1.94. The Morgan fingerprint density at radius 1 is 1.44 bits per heavy atom. The second-order valence-electron chi connectivity index (χ2n) is 4.56. The molecular formula is C12H16ClN3O2. The van der Waals surface area contributed by atoms with Gasteiger partial charge in [-0.05, 0) is 37.4 Å². The lowest BCUT2D eigenvalue weighted by atomic mass is 9.96. The molecular weight excluding hydrogens is 254 g/mol. The summed E-state index contributed by atoms with van der Waals surface area (Å²) < 4.78 is 0. The number of piperidine rings is 1. The number of hydrogen-bond donors (Lipinski definition) is 1. The Labute approximate surface area is 111 Å². The molecule has 1 aromatic carbocycles. The Morgan fingerprint density at radius 3 is 2.67 bits per heavy atom. The van der Waals surface area contributed by atoms with Gasteiger partial charge < -0.3 is 10.6 Å². The summed E-state index contributed by atoms with van der Waals surface area (Å²) in [5, 5.41) is 11.5. The molecule has 0 aromatic heterocycles. The summed E-state index contributed by atoms with van der Waals surface area (Å²) in [6, 6.07) is 4.69. The van der Waals surface area contributed by atoms with E-state index in [1.807, 2.05) is 4.90 Å². The Morgan fingerprint density at radius 2 is 2.11 bits per heavy atom. The first-order valence-corrected chi connectivity index (χ1v) is 6.38. The molecule has 18 heavy (non-hydrogen) atoms. The van der Waals surface area contributed by atoms with Crippen LogP contribution in [0.3, 0.4) is 0 Å². The minimum Gasteiger partial charge on any atom is -0.366 e. The molecule has 5 nitrogen and oxygen atoms in total. The summed E-state index contributed by atoms with van der Waals surface area (Å²) in [5.74, 6) is 0.527. The summed E-state index contributed by atoms with van der Waals surface area (Å²) in [6.45, 7) is 2.28. The molecule has 2 N–H and O–H groups in total. The van der Waals surface area contributed by atoms with Crippen LogP contribution < -0.4 is 10.6 Å². The third-order valence-electron chi connectivity index (χ3n) is 3.42. The molecule has 0 aliphatic carbocycles. The van der Waals surface area contributed by atoms with E-state index in [9.17, 15) is 10.1 Å². The van der Waals surface area contributed by atoms with Crippen molar-refractivity contribution in [1.82, 2.24) is 0 Å². The fourth-order valence-electron chi connectivity index (χ4n) is 2.31. The molecule has 1 aliphatic rings. The standard InChI is InChI=1S/C12H16ClN3O2/c13-10-1-2-11(16(17)18)12(7-10)15-5-3-9(8-14)4-6-15/h1-2,7,9H,3-6,8,14H2. The Bertz CT molecular complexity index is 445. The SMILES string of the molecule is NCC1CCN(c2cc(Cl)ccc2[N+](=O)[O-])CC1. The van der Waals surface area contributed by atoms with Crippen molar-refractivity contribution in [3.63, 3.8) is 0 Å². The minimum atomic E-state index is -0.360. The van der Waals surface area contributed by atoms with Gasteiger partial charge in [0.1, 0.15) is 5.69 Å². The van der Waals surface area contributed by atoms with Crippen LogP contribution in [0.15, 0.2) is 18.2 Å². The van der Waals surface area contributed by atoms with Gasteiger partial charge in [0.25, 0.3) is 5.69 Å². The van der Waals surface area contributed by atoms with Crippen LogP contribution in [0.4, 0.5) is 11.4 Å². The lowest BCUT2D eigenvalue weighted by molar-refractivity contribution is -0.384. The van der Waals surface area contributed by atoms with Gasteiger partial charge in [0.05, 0.1) is 4.92 Å². The fourth-order valence-corrected chi connectivity index (χ4v) is 2.48. The van der Waals surface area contributed by atoms with Gasteiger partial charge in [-0.25, -0.2) is 0 Å². The van der Waals surface area contributed by atoms with Crippen LogP contribution >= 0.6 is 11.6 Å². The Hall–Kier alpha value is -1.33. The average molecular weight is 270 g/mol. The second-order valence-corrected chi connectivity index (χ2v) is 4.99. The lowest BCUT2D eigenvalue weighted by Crippen LogP contribution is -2.36. The molecule has 1 saturated heterocycles. The second kappa shape index (κ2) is 5.54. The number of nitrogens with zero attached hydrogens (tertiary/aromatic N) is 2. The van der Waals surface area contributed by atoms with Gasteiger partial charge in [0, 0.05) is 24.2 Å². The summed E-state index contributed by atoms with van der Waals surface area (Å²) in [4.78, 5) is 12.7. The van der Waals surface area contributed by atoms with Crippen molar-refractivity contribution in [2.45, 2.75) is 12.8 Å². The number of benzene rings is 1. The van der Waals surface area contributed by atoms with Crippen molar-refractivity contribution in [1.29, 1.82) is 0 Å². The molecule has 0 atom stereocenters. The molecule has 0 saturated carbocycles. The minimum absolute atomic E-state index is 0.116. The average Bonchev–Trinajstić information content (AvgIpc) is 2.38. The van der Waals surface area contributed by atoms with E-state index < -0.39 is 0 Å². The van der Waals surface area contributed by atoms with Crippen LogP contribution in [0.5, 0.6) is 0 Å². The summed E-state index contributed by atoms with van der Waals surface area (Å²) >= 11 is 5.93. The molecule has 0 spiro atoms. The number of nitrogens with two attached hydrogens (primary N) is 1. The van der Waals surface area contributed by atoms with Crippen molar-refractivity contribution in [2.24, 2.45) is 11.7 Å². The van der Waals surface area contributed by atoms with Crippen molar-refractivity contribution in [2.75, 3.05) is 24.5 Å². The third-order valence-corrected chi connectivity index (χ3v) is 3.66. The van der Waals surface area contributed by atoms with Gasteiger partial charge in [-0.3, -0.25) is 10.1 Å². The predicted molar refractivity (Wildman–Crippen MR) is 72.1 cm³/mol. The fraction of sp³-hybridized carbons (Fsp3) is 0.500. The van der Waals surface area contributed by atoms with E-state index in [-0.39, 0.29) is 10.6 Å². The van der Waals surface area contributed by atoms with Crippen LogP contribution in [0.1, 0.15) is 12.8 Å². The molecule has 1 aromatic rings. The van der Waals surface area contributed by atoms with Gasteiger partial charge in [-0.15, -0.1) is 0 Å². The van der Waals surface area contributed by atoms with E-state index in [1.165, 1.54) is 6.07 Å². The van der Waals surface area contributed by atoms with Crippen molar-refractivity contribution >= 4 is 23.0 Å². The maximum absolute atomic E-state index is 11.0. The molecule has 1 aliphatic heterocycles. The van der Waals surface area contributed by atoms with Crippen molar-refractivity contribution in [3.8, 4) is 0 Å². The van der Waals surface area contributed by atoms with Gasteiger partial charge >= 0.3 is 0 Å². The summed E-state index contributed by atoms with van der Waals surface area (Å²) in [7, 11) is 0. The topological polar surface area (TPSA) is 72.4 Å². The monoisotopic (exact) mass is 269 g/mol. The van der Waals surface area contributed by atoms with E-state index >= 15 is 0 Å². The first-order chi connectivity index (χ1) is 8.61. The summed E-state index contributed by atoms with van der Waals surface area (Å²) in [5.41, 5.74) is 6.37. The zero-order chi connectivity index (χ0) is 13.1. The number of nitro groups is 1. The largest absolute Gasteiger partial charge is 0.366 e. The van der Waals surface area contributed by atoms with E-state index in [2.05, 4.69) is 0 Å². The maximum Gasteiger partial charge on any atom is 0.292 e. The highest BCUT2D eigenvalue weighted by atomic mass is 35.5. The molecule has 1 fully saturated rings. The van der Waals surface area contributed by atoms with Crippen LogP contribution in [0.25, 0.3) is 0 Å². The van der Waals surface area contributed by atoms with Crippen LogP contribution in [-0.2, 0) is 0 Å². The highest BCUT2D eigenvalue weighted by molar-refractivity contribution is 6.31. The molecule has 0 unspecified atom stereocenters. The zero-order valence-electron chi connectivity index (χ0n) is 10.0. The maximum atomic E-state index is 11.0. The number of nitro benzene ring substituents is 1. The molecule has 98 valence electrons. The quantitative estimate of drug-likeness (QED) is 0.676. The first kappa shape index (κ1) is 13.1. The molecule has 6 heteroatoms. The highest BCUT2D eigenvalue weighted by Crippen LogP contribution is 2.33. The zero-order valence-corrected chi connectivity index (χ0v) is 10.8. The van der Waals surface area contributed by atoms with Gasteiger partial charge in [-0.2, -0.15) is 0 Å². The number of halogens is 1. The van der Waals surface area contributed by atoms with Gasteiger partial charge in [-0.1, -0.05) is 11.6 Å². The van der Waals surface area contributed by atoms with E-state index in [0.717, 1.165) is 25.9 Å². The van der Waals surface area contributed by atoms with E-state index in [4.69, 9.17) is 17.3 Å². The van der Waals surface area contributed by atoms with Crippen molar-refractivity contribution in [3.05, 3.63) is 33.3 Å². The number of anilines is 1. The van der Waals surface area contributed by atoms with Gasteiger partial charge in [0.15, 0.2) is 0 Å². The highest BCUT2D eigenvalue weighted by Gasteiger charge is 2.24.